The van der Waals surface area contributed by atoms with Crippen LogP contribution in [-0.2, 0) is 5.41 Å². The molecule has 2 nitrogen and oxygen atoms in total. The van der Waals surface area contributed by atoms with Crippen LogP contribution in [0.4, 0.5) is 0 Å². The van der Waals surface area contributed by atoms with Gasteiger partial charge in [-0.25, -0.2) is 0 Å². The van der Waals surface area contributed by atoms with Crippen LogP contribution < -0.4 is 11.1 Å². The maximum atomic E-state index is 5.43. The Morgan fingerprint density at radius 1 is 1.36 bits per heavy atom. The molecule has 0 atom stereocenters. The van der Waals surface area contributed by atoms with E-state index in [1.165, 1.54) is 5.56 Å². The van der Waals surface area contributed by atoms with Gasteiger partial charge in [0.15, 0.2) is 0 Å². The van der Waals surface area contributed by atoms with E-state index in [1.54, 1.807) is 0 Å². The zero-order valence-corrected chi connectivity index (χ0v) is 10.3. The van der Waals surface area contributed by atoms with Gasteiger partial charge in [-0.15, -0.1) is 0 Å². The molecule has 1 rings (SSSR count). The standard InChI is InChI=1S/C11H17BrN2/c1-11(2,7-14-8-13)9-5-3-4-6-10(9)12/h3-6,14H,7-8,13H2,1-2H3. The largest absolute Gasteiger partial charge is 0.318 e. The van der Waals surface area contributed by atoms with Crippen molar-refractivity contribution in [3.05, 3.63) is 34.3 Å². The smallest absolute Gasteiger partial charge is 0.0429 e. The molecule has 1 aromatic rings. The third-order valence-electron chi connectivity index (χ3n) is 2.31. The average Bonchev–Trinajstić information content (AvgIpc) is 2.15. The van der Waals surface area contributed by atoms with Gasteiger partial charge in [0.2, 0.25) is 0 Å². The van der Waals surface area contributed by atoms with Crippen molar-refractivity contribution in [3.63, 3.8) is 0 Å². The van der Waals surface area contributed by atoms with E-state index in [4.69, 9.17) is 5.73 Å². The van der Waals surface area contributed by atoms with Gasteiger partial charge < -0.3 is 11.1 Å². The van der Waals surface area contributed by atoms with Gasteiger partial charge in [-0.2, -0.15) is 0 Å². The van der Waals surface area contributed by atoms with Gasteiger partial charge in [-0.1, -0.05) is 48.0 Å². The van der Waals surface area contributed by atoms with Crippen LogP contribution in [-0.4, -0.2) is 13.2 Å². The van der Waals surface area contributed by atoms with Gasteiger partial charge in [-0.05, 0) is 11.6 Å². The Hall–Kier alpha value is -0.380. The number of nitrogens with one attached hydrogen (secondary N) is 1. The molecule has 0 aromatic heterocycles. The number of nitrogens with two attached hydrogens (primary N) is 1. The molecule has 0 aliphatic rings. The SMILES string of the molecule is CC(C)(CNCN)c1ccccc1Br. The van der Waals surface area contributed by atoms with Crippen molar-refractivity contribution in [2.75, 3.05) is 13.2 Å². The highest BCUT2D eigenvalue weighted by Gasteiger charge is 2.21. The summed E-state index contributed by atoms with van der Waals surface area (Å²) >= 11 is 3.56. The summed E-state index contributed by atoms with van der Waals surface area (Å²) in [7, 11) is 0. The Labute approximate surface area is 94.0 Å². The lowest BCUT2D eigenvalue weighted by Gasteiger charge is -2.26. The molecule has 0 unspecified atom stereocenters. The third kappa shape index (κ3) is 2.80. The van der Waals surface area contributed by atoms with Crippen LogP contribution in [0.15, 0.2) is 28.7 Å². The van der Waals surface area contributed by atoms with E-state index in [-0.39, 0.29) is 5.41 Å². The van der Waals surface area contributed by atoms with E-state index >= 15 is 0 Å². The first-order valence-electron chi connectivity index (χ1n) is 4.74. The van der Waals surface area contributed by atoms with Crippen LogP contribution in [0.25, 0.3) is 0 Å². The lowest BCUT2D eigenvalue weighted by Crippen LogP contribution is -2.36. The summed E-state index contributed by atoms with van der Waals surface area (Å²) in [6.07, 6.45) is 0. The fourth-order valence-corrected chi connectivity index (χ4v) is 2.31. The monoisotopic (exact) mass is 256 g/mol. The molecule has 0 aliphatic heterocycles. The number of hydrogen-bond acceptors (Lipinski definition) is 2. The quantitative estimate of drug-likeness (QED) is 0.812. The summed E-state index contributed by atoms with van der Waals surface area (Å²) < 4.78 is 1.16. The van der Waals surface area contributed by atoms with Crippen LogP contribution in [0.3, 0.4) is 0 Å². The van der Waals surface area contributed by atoms with E-state index in [2.05, 4.69) is 53.3 Å². The molecule has 1 aromatic carbocycles. The predicted octanol–water partition coefficient (Wildman–Crippen LogP) is 2.23. The molecular weight excluding hydrogens is 240 g/mol. The third-order valence-corrected chi connectivity index (χ3v) is 3.01. The van der Waals surface area contributed by atoms with Gasteiger partial charge >= 0.3 is 0 Å². The van der Waals surface area contributed by atoms with Gasteiger partial charge in [0.25, 0.3) is 0 Å². The molecule has 0 heterocycles. The minimum atomic E-state index is 0.0967. The van der Waals surface area contributed by atoms with E-state index in [1.807, 2.05) is 6.07 Å². The number of rotatable bonds is 4. The second-order valence-electron chi connectivity index (χ2n) is 3.99. The Morgan fingerprint density at radius 3 is 2.57 bits per heavy atom. The van der Waals surface area contributed by atoms with Crippen molar-refractivity contribution in [1.29, 1.82) is 0 Å². The van der Waals surface area contributed by atoms with Crippen molar-refractivity contribution in [2.45, 2.75) is 19.3 Å². The van der Waals surface area contributed by atoms with Crippen LogP contribution in [0.1, 0.15) is 19.4 Å². The molecule has 0 aliphatic carbocycles. The van der Waals surface area contributed by atoms with Crippen molar-refractivity contribution in [3.8, 4) is 0 Å². The summed E-state index contributed by atoms with van der Waals surface area (Å²) in [6.45, 7) is 5.81. The normalized spacial score (nSPS) is 11.7. The van der Waals surface area contributed by atoms with E-state index in [0.29, 0.717) is 6.67 Å². The maximum Gasteiger partial charge on any atom is 0.0429 e. The number of hydrogen-bond donors (Lipinski definition) is 2. The highest BCUT2D eigenvalue weighted by Crippen LogP contribution is 2.29. The van der Waals surface area contributed by atoms with Crippen molar-refractivity contribution in [2.24, 2.45) is 5.73 Å². The summed E-state index contributed by atoms with van der Waals surface area (Å²) in [5, 5.41) is 3.17. The molecule has 0 amide bonds. The lowest BCUT2D eigenvalue weighted by atomic mass is 9.85. The van der Waals surface area contributed by atoms with Gasteiger partial charge in [0.05, 0.1) is 0 Å². The fourth-order valence-electron chi connectivity index (χ4n) is 1.49. The first-order valence-corrected chi connectivity index (χ1v) is 5.53. The molecule has 3 heteroatoms. The summed E-state index contributed by atoms with van der Waals surface area (Å²) in [4.78, 5) is 0. The van der Waals surface area contributed by atoms with E-state index in [9.17, 15) is 0 Å². The Balaban J connectivity index is 2.86. The average molecular weight is 257 g/mol. The van der Waals surface area contributed by atoms with E-state index in [0.717, 1.165) is 11.0 Å². The molecule has 0 saturated heterocycles. The first kappa shape index (κ1) is 11.7. The van der Waals surface area contributed by atoms with Gasteiger partial charge in [-0.3, -0.25) is 0 Å². The molecule has 0 spiro atoms. The van der Waals surface area contributed by atoms with Crippen molar-refractivity contribution < 1.29 is 0 Å². The molecule has 0 fully saturated rings. The minimum Gasteiger partial charge on any atom is -0.318 e. The first-order chi connectivity index (χ1) is 6.58. The molecule has 14 heavy (non-hydrogen) atoms. The maximum absolute atomic E-state index is 5.43. The molecular formula is C11H17BrN2. The van der Waals surface area contributed by atoms with E-state index < -0.39 is 0 Å². The fraction of sp³-hybridized carbons (Fsp3) is 0.455. The molecule has 78 valence electrons. The number of halogens is 1. The predicted molar refractivity (Wildman–Crippen MR) is 64.2 cm³/mol. The van der Waals surface area contributed by atoms with Crippen LogP contribution in [0, 0.1) is 0 Å². The minimum absolute atomic E-state index is 0.0967. The van der Waals surface area contributed by atoms with Crippen LogP contribution in [0.2, 0.25) is 0 Å². The molecule has 0 radical (unpaired) electrons. The highest BCUT2D eigenvalue weighted by molar-refractivity contribution is 9.10. The van der Waals surface area contributed by atoms with Gasteiger partial charge in [0, 0.05) is 23.1 Å². The van der Waals surface area contributed by atoms with Crippen LogP contribution in [0.5, 0.6) is 0 Å². The number of benzene rings is 1. The van der Waals surface area contributed by atoms with Crippen LogP contribution >= 0.6 is 15.9 Å². The Morgan fingerprint density at radius 2 is 2.00 bits per heavy atom. The Bertz CT molecular complexity index is 297. The summed E-state index contributed by atoms with van der Waals surface area (Å²) in [5.41, 5.74) is 6.83. The molecule has 3 N–H and O–H groups in total. The highest BCUT2D eigenvalue weighted by atomic mass is 79.9. The topological polar surface area (TPSA) is 38.0 Å². The zero-order chi connectivity index (χ0) is 10.6. The van der Waals surface area contributed by atoms with Crippen molar-refractivity contribution in [1.82, 2.24) is 5.32 Å². The zero-order valence-electron chi connectivity index (χ0n) is 8.68. The van der Waals surface area contributed by atoms with Gasteiger partial charge in [0.1, 0.15) is 0 Å². The summed E-state index contributed by atoms with van der Waals surface area (Å²) in [5.74, 6) is 0. The second-order valence-corrected chi connectivity index (χ2v) is 4.85. The second kappa shape index (κ2) is 4.91. The summed E-state index contributed by atoms with van der Waals surface area (Å²) in [6, 6.07) is 8.30. The van der Waals surface area contributed by atoms with Crippen molar-refractivity contribution >= 4 is 15.9 Å². The molecule has 0 saturated carbocycles. The molecule has 0 bridgehead atoms. The Kier molecular flexibility index (Phi) is 4.11. The lowest BCUT2D eigenvalue weighted by molar-refractivity contribution is 0.472.